The first-order valence-corrected chi connectivity index (χ1v) is 12.0. The number of anilines is 2. The molecule has 9 nitrogen and oxygen atoms in total. The number of hydrogen-bond acceptors (Lipinski definition) is 7. The van der Waals surface area contributed by atoms with E-state index in [1.807, 2.05) is 30.5 Å². The normalized spacial score (nSPS) is 15.2. The molecule has 1 saturated carbocycles. The van der Waals surface area contributed by atoms with E-state index in [4.69, 9.17) is 10.7 Å². The molecule has 2 aromatic rings. The van der Waals surface area contributed by atoms with Gasteiger partial charge in [0.15, 0.2) is 11.5 Å². The molecule has 1 atom stereocenters. The molecule has 1 aliphatic rings. The fourth-order valence-electron chi connectivity index (χ4n) is 3.91. The summed E-state index contributed by atoms with van der Waals surface area (Å²) in [4.78, 5) is 28.8. The lowest BCUT2D eigenvalue weighted by molar-refractivity contribution is 0.0948. The third-order valence-electron chi connectivity index (χ3n) is 5.50. The summed E-state index contributed by atoms with van der Waals surface area (Å²) in [6.45, 7) is 5.20. The van der Waals surface area contributed by atoms with Gasteiger partial charge in [0, 0.05) is 29.6 Å². The second kappa shape index (κ2) is 11.4. The van der Waals surface area contributed by atoms with Gasteiger partial charge in [0.1, 0.15) is 5.69 Å². The molecular weight excluding hydrogens is 474 g/mol. The topological polar surface area (TPSA) is 126 Å². The van der Waals surface area contributed by atoms with Crippen LogP contribution >= 0.6 is 15.9 Å². The van der Waals surface area contributed by atoms with Gasteiger partial charge in [0.05, 0.1) is 6.54 Å². The highest BCUT2D eigenvalue weighted by Crippen LogP contribution is 2.30. The van der Waals surface area contributed by atoms with E-state index in [1.165, 1.54) is 19.3 Å². The average Bonchev–Trinajstić information content (AvgIpc) is 3.10. The maximum absolute atomic E-state index is 13.1. The molecule has 3 rings (SSSR count). The summed E-state index contributed by atoms with van der Waals surface area (Å²) < 4.78 is 2.51. The Balaban J connectivity index is 2.02. The summed E-state index contributed by atoms with van der Waals surface area (Å²) in [5.41, 5.74) is 7.64. The highest BCUT2D eigenvalue weighted by Gasteiger charge is 2.25. The number of nitrogens with zero attached hydrogens (tertiary/aromatic N) is 3. The number of amides is 1. The quantitative estimate of drug-likeness (QED) is 0.355. The van der Waals surface area contributed by atoms with E-state index in [0.717, 1.165) is 18.4 Å². The van der Waals surface area contributed by atoms with Crippen LogP contribution < -0.4 is 21.7 Å². The van der Waals surface area contributed by atoms with Gasteiger partial charge in [-0.1, -0.05) is 25.3 Å². The van der Waals surface area contributed by atoms with Crippen molar-refractivity contribution in [3.8, 4) is 0 Å². The number of nitroso groups, excluding NO2 is 1. The first kappa shape index (κ1) is 24.2. The summed E-state index contributed by atoms with van der Waals surface area (Å²) in [6, 6.07) is 5.58. The summed E-state index contributed by atoms with van der Waals surface area (Å²) in [7, 11) is 0. The summed E-state index contributed by atoms with van der Waals surface area (Å²) in [5.74, 6) is 0.963. The first-order valence-electron chi connectivity index (χ1n) is 11.2. The Morgan fingerprint density at radius 2 is 2.09 bits per heavy atom. The number of hydrogen-bond donors (Lipinski definition) is 4. The maximum atomic E-state index is 13.1. The number of rotatable bonds is 10. The minimum atomic E-state index is -0.200. The minimum Gasteiger partial charge on any atom is -0.367 e. The SMILES string of the molecule is CCNC(=O)c1c(NC[C@@H](C)N)nc(NC2CCCCC2)n1Cc1ccc(N=O)c(Br)c1. The molecule has 5 N–H and O–H groups in total. The molecule has 1 fully saturated rings. The highest BCUT2D eigenvalue weighted by atomic mass is 79.9. The van der Waals surface area contributed by atoms with Crippen molar-refractivity contribution in [3.63, 3.8) is 0 Å². The molecule has 10 heteroatoms. The van der Waals surface area contributed by atoms with E-state index < -0.39 is 0 Å². The molecule has 1 amide bonds. The molecule has 0 unspecified atom stereocenters. The van der Waals surface area contributed by atoms with Crippen molar-refractivity contribution in [2.45, 2.75) is 64.6 Å². The lowest BCUT2D eigenvalue weighted by atomic mass is 9.96. The standard InChI is InChI=1S/C22H32BrN7O2/c1-3-25-21(31)19-20(26-12-14(2)24)28-22(27-16-7-5-4-6-8-16)30(19)13-15-9-10-18(29-32)17(23)11-15/h9-11,14,16,26H,3-8,12-13,24H2,1-2H3,(H,25,31)(H,27,28)/t14-/m1/s1. The summed E-state index contributed by atoms with van der Waals surface area (Å²) in [5, 5.41) is 12.7. The largest absolute Gasteiger partial charge is 0.367 e. The van der Waals surface area contributed by atoms with Gasteiger partial charge >= 0.3 is 0 Å². The van der Waals surface area contributed by atoms with Crippen molar-refractivity contribution >= 4 is 39.3 Å². The van der Waals surface area contributed by atoms with E-state index in [1.54, 1.807) is 6.07 Å². The molecule has 0 spiro atoms. The minimum absolute atomic E-state index is 0.0867. The second-order valence-corrected chi connectivity index (χ2v) is 9.15. The predicted octanol–water partition coefficient (Wildman–Crippen LogP) is 4.35. The average molecular weight is 506 g/mol. The van der Waals surface area contributed by atoms with Gasteiger partial charge in [0.25, 0.3) is 5.91 Å². The van der Waals surface area contributed by atoms with Gasteiger partial charge in [-0.25, -0.2) is 0 Å². The van der Waals surface area contributed by atoms with Crippen LogP contribution in [-0.2, 0) is 6.54 Å². The molecule has 0 radical (unpaired) electrons. The molecular formula is C22H32BrN7O2. The van der Waals surface area contributed by atoms with Crippen LogP contribution in [-0.4, -0.2) is 40.6 Å². The smallest absolute Gasteiger partial charge is 0.271 e. The lowest BCUT2D eigenvalue weighted by Gasteiger charge is -2.24. The molecule has 1 aromatic heterocycles. The van der Waals surface area contributed by atoms with Crippen molar-refractivity contribution in [2.24, 2.45) is 10.9 Å². The molecule has 0 bridgehead atoms. The lowest BCUT2D eigenvalue weighted by Crippen LogP contribution is -2.30. The van der Waals surface area contributed by atoms with E-state index in [9.17, 15) is 9.70 Å². The second-order valence-electron chi connectivity index (χ2n) is 8.29. The fourth-order valence-corrected chi connectivity index (χ4v) is 4.41. The fraction of sp³-hybridized carbons (Fsp3) is 0.545. The predicted molar refractivity (Wildman–Crippen MR) is 132 cm³/mol. The summed E-state index contributed by atoms with van der Waals surface area (Å²) in [6.07, 6.45) is 5.78. The number of carbonyl (C=O) groups excluding carboxylic acids is 1. The van der Waals surface area contributed by atoms with E-state index in [2.05, 4.69) is 37.1 Å². The number of halogens is 1. The van der Waals surface area contributed by atoms with Gasteiger partial charge in [-0.15, -0.1) is 4.91 Å². The Bertz CT molecular complexity index is 939. The van der Waals surface area contributed by atoms with Crippen LogP contribution in [0.5, 0.6) is 0 Å². The van der Waals surface area contributed by atoms with E-state index in [0.29, 0.717) is 53.3 Å². The number of benzene rings is 1. The van der Waals surface area contributed by atoms with Crippen LogP contribution in [0.1, 0.15) is 62.0 Å². The monoisotopic (exact) mass is 505 g/mol. The summed E-state index contributed by atoms with van der Waals surface area (Å²) >= 11 is 3.40. The number of nitrogens with one attached hydrogen (secondary N) is 3. The maximum Gasteiger partial charge on any atom is 0.271 e. The van der Waals surface area contributed by atoms with Crippen LogP contribution in [0.15, 0.2) is 27.8 Å². The van der Waals surface area contributed by atoms with E-state index >= 15 is 0 Å². The van der Waals surface area contributed by atoms with Crippen molar-refractivity contribution in [2.75, 3.05) is 23.7 Å². The zero-order chi connectivity index (χ0) is 23.1. The number of aromatic nitrogens is 2. The van der Waals surface area contributed by atoms with Gasteiger partial charge in [-0.3, -0.25) is 9.36 Å². The Morgan fingerprint density at radius 3 is 2.72 bits per heavy atom. The van der Waals surface area contributed by atoms with Crippen LogP contribution in [0.25, 0.3) is 0 Å². The van der Waals surface area contributed by atoms with Gasteiger partial charge in [0.2, 0.25) is 5.95 Å². The van der Waals surface area contributed by atoms with Crippen molar-refractivity contribution in [3.05, 3.63) is 38.8 Å². The number of carbonyl (C=O) groups is 1. The van der Waals surface area contributed by atoms with Crippen LogP contribution in [0.3, 0.4) is 0 Å². The molecule has 1 aliphatic carbocycles. The highest BCUT2D eigenvalue weighted by molar-refractivity contribution is 9.10. The molecule has 32 heavy (non-hydrogen) atoms. The Hall–Kier alpha value is -2.46. The molecule has 0 aliphatic heterocycles. The van der Waals surface area contributed by atoms with Crippen LogP contribution in [0.2, 0.25) is 0 Å². The number of nitrogens with two attached hydrogens (primary N) is 1. The van der Waals surface area contributed by atoms with Crippen molar-refractivity contribution in [1.82, 2.24) is 14.9 Å². The van der Waals surface area contributed by atoms with Gasteiger partial charge < -0.3 is 21.7 Å². The van der Waals surface area contributed by atoms with E-state index in [-0.39, 0.29) is 11.9 Å². The van der Waals surface area contributed by atoms with Crippen LogP contribution in [0, 0.1) is 4.91 Å². The molecule has 0 saturated heterocycles. The first-order chi connectivity index (χ1) is 15.4. The Kier molecular flexibility index (Phi) is 8.63. The molecule has 1 heterocycles. The zero-order valence-electron chi connectivity index (χ0n) is 18.7. The molecule has 174 valence electrons. The van der Waals surface area contributed by atoms with Crippen molar-refractivity contribution < 1.29 is 4.79 Å². The molecule has 1 aromatic carbocycles. The van der Waals surface area contributed by atoms with Crippen LogP contribution in [0.4, 0.5) is 17.5 Å². The third-order valence-corrected chi connectivity index (χ3v) is 6.14. The van der Waals surface area contributed by atoms with Gasteiger partial charge in [-0.2, -0.15) is 4.98 Å². The third kappa shape index (κ3) is 6.07. The number of imidazole rings is 1. The Morgan fingerprint density at radius 1 is 1.34 bits per heavy atom. The Labute approximate surface area is 197 Å². The van der Waals surface area contributed by atoms with Gasteiger partial charge in [-0.05, 0) is 65.5 Å². The van der Waals surface area contributed by atoms with Crippen molar-refractivity contribution in [1.29, 1.82) is 0 Å². The zero-order valence-corrected chi connectivity index (χ0v) is 20.2.